The number of ether oxygens (including phenoxy) is 1. The van der Waals surface area contributed by atoms with Crippen LogP contribution in [0.5, 0.6) is 5.75 Å². The quantitative estimate of drug-likeness (QED) is 0.762. The summed E-state index contributed by atoms with van der Waals surface area (Å²) in [7, 11) is 1.63. The van der Waals surface area contributed by atoms with Crippen molar-refractivity contribution in [2.75, 3.05) is 12.8 Å². The van der Waals surface area contributed by atoms with Gasteiger partial charge in [0.15, 0.2) is 0 Å². The van der Waals surface area contributed by atoms with Crippen molar-refractivity contribution >= 4 is 5.95 Å². The second-order valence-electron chi connectivity index (χ2n) is 2.76. The standard InChI is InChI=1S/C9H10N4O/c1-14-8-4-2-7(3-5-8)13-6-11-12-9(13)10/h2-6H,1H3,(H2,10,12). The van der Waals surface area contributed by atoms with Gasteiger partial charge in [-0.15, -0.1) is 10.2 Å². The van der Waals surface area contributed by atoms with Crippen LogP contribution >= 0.6 is 0 Å². The summed E-state index contributed by atoms with van der Waals surface area (Å²) < 4.78 is 6.74. The molecule has 0 saturated carbocycles. The minimum absolute atomic E-state index is 0.371. The zero-order valence-corrected chi connectivity index (χ0v) is 7.71. The van der Waals surface area contributed by atoms with Gasteiger partial charge in [-0.05, 0) is 24.3 Å². The van der Waals surface area contributed by atoms with Gasteiger partial charge in [0, 0.05) is 0 Å². The third-order valence-corrected chi connectivity index (χ3v) is 1.92. The lowest BCUT2D eigenvalue weighted by molar-refractivity contribution is 0.415. The molecular weight excluding hydrogens is 180 g/mol. The summed E-state index contributed by atoms with van der Waals surface area (Å²) in [6.07, 6.45) is 1.57. The lowest BCUT2D eigenvalue weighted by Crippen LogP contribution is -1.99. The van der Waals surface area contributed by atoms with E-state index in [1.165, 1.54) is 0 Å². The molecule has 14 heavy (non-hydrogen) atoms. The molecule has 2 aromatic rings. The molecule has 0 unspecified atom stereocenters. The average molecular weight is 190 g/mol. The van der Waals surface area contributed by atoms with Gasteiger partial charge in [-0.25, -0.2) is 0 Å². The Morgan fingerprint density at radius 2 is 2.00 bits per heavy atom. The van der Waals surface area contributed by atoms with Gasteiger partial charge < -0.3 is 10.5 Å². The van der Waals surface area contributed by atoms with Crippen LogP contribution in [0.4, 0.5) is 5.95 Å². The number of hydrogen-bond acceptors (Lipinski definition) is 4. The minimum Gasteiger partial charge on any atom is -0.497 e. The smallest absolute Gasteiger partial charge is 0.226 e. The van der Waals surface area contributed by atoms with Crippen LogP contribution in [0.1, 0.15) is 0 Å². The van der Waals surface area contributed by atoms with E-state index >= 15 is 0 Å². The molecule has 0 atom stereocenters. The monoisotopic (exact) mass is 190 g/mol. The molecule has 5 heteroatoms. The molecular formula is C9H10N4O. The Morgan fingerprint density at radius 1 is 1.29 bits per heavy atom. The van der Waals surface area contributed by atoms with E-state index in [0.717, 1.165) is 11.4 Å². The number of aromatic nitrogens is 3. The van der Waals surface area contributed by atoms with Gasteiger partial charge in [0.05, 0.1) is 12.8 Å². The summed E-state index contributed by atoms with van der Waals surface area (Å²) in [6, 6.07) is 7.49. The maximum absolute atomic E-state index is 5.60. The van der Waals surface area contributed by atoms with Crippen LogP contribution in [0.2, 0.25) is 0 Å². The number of nitrogen functional groups attached to an aromatic ring is 1. The van der Waals surface area contributed by atoms with Crippen molar-refractivity contribution in [3.63, 3.8) is 0 Å². The van der Waals surface area contributed by atoms with Crippen LogP contribution in [0.3, 0.4) is 0 Å². The summed E-state index contributed by atoms with van der Waals surface area (Å²) >= 11 is 0. The van der Waals surface area contributed by atoms with Crippen LogP contribution in [0.25, 0.3) is 5.69 Å². The second-order valence-corrected chi connectivity index (χ2v) is 2.76. The van der Waals surface area contributed by atoms with E-state index in [-0.39, 0.29) is 0 Å². The van der Waals surface area contributed by atoms with Gasteiger partial charge in [0.2, 0.25) is 5.95 Å². The fraction of sp³-hybridized carbons (Fsp3) is 0.111. The molecule has 0 aliphatic heterocycles. The van der Waals surface area contributed by atoms with Crippen LogP contribution in [0, 0.1) is 0 Å². The SMILES string of the molecule is COc1ccc(-n2cnnc2N)cc1. The first-order valence-electron chi connectivity index (χ1n) is 4.11. The highest BCUT2D eigenvalue weighted by Gasteiger charge is 2.01. The molecule has 1 aromatic heterocycles. The van der Waals surface area contributed by atoms with Crippen molar-refractivity contribution in [1.29, 1.82) is 0 Å². The van der Waals surface area contributed by atoms with E-state index in [9.17, 15) is 0 Å². The molecule has 0 amide bonds. The Morgan fingerprint density at radius 3 is 2.50 bits per heavy atom. The first kappa shape index (κ1) is 8.55. The predicted molar refractivity (Wildman–Crippen MR) is 52.3 cm³/mol. The predicted octanol–water partition coefficient (Wildman–Crippen LogP) is 0.858. The highest BCUT2D eigenvalue weighted by Crippen LogP contribution is 2.15. The van der Waals surface area contributed by atoms with Gasteiger partial charge in [-0.1, -0.05) is 0 Å². The Balaban J connectivity index is 2.39. The number of nitrogens with zero attached hydrogens (tertiary/aromatic N) is 3. The molecule has 5 nitrogen and oxygen atoms in total. The molecule has 0 radical (unpaired) electrons. The number of nitrogens with two attached hydrogens (primary N) is 1. The van der Waals surface area contributed by atoms with Crippen LogP contribution < -0.4 is 10.5 Å². The average Bonchev–Trinajstić information content (AvgIpc) is 2.65. The lowest BCUT2D eigenvalue weighted by atomic mass is 10.3. The molecule has 0 bridgehead atoms. The molecule has 0 fully saturated rings. The molecule has 2 N–H and O–H groups in total. The molecule has 1 aromatic carbocycles. The normalized spacial score (nSPS) is 10.1. The largest absolute Gasteiger partial charge is 0.497 e. The number of methoxy groups -OCH3 is 1. The topological polar surface area (TPSA) is 66.0 Å². The second kappa shape index (κ2) is 3.37. The zero-order valence-electron chi connectivity index (χ0n) is 7.71. The molecule has 72 valence electrons. The number of hydrogen-bond donors (Lipinski definition) is 1. The van der Waals surface area contributed by atoms with Crippen molar-refractivity contribution in [2.24, 2.45) is 0 Å². The maximum Gasteiger partial charge on any atom is 0.226 e. The molecule has 0 spiro atoms. The fourth-order valence-corrected chi connectivity index (χ4v) is 1.19. The van der Waals surface area contributed by atoms with E-state index in [2.05, 4.69) is 10.2 Å². The Bertz CT molecular complexity index is 421. The van der Waals surface area contributed by atoms with Gasteiger partial charge in [0.1, 0.15) is 12.1 Å². The van der Waals surface area contributed by atoms with E-state index < -0.39 is 0 Å². The Kier molecular flexibility index (Phi) is 2.06. The highest BCUT2D eigenvalue weighted by molar-refractivity contribution is 5.41. The van der Waals surface area contributed by atoms with Crippen molar-refractivity contribution in [3.8, 4) is 11.4 Å². The van der Waals surface area contributed by atoms with E-state index in [1.54, 1.807) is 18.0 Å². The molecule has 0 aliphatic carbocycles. The summed E-state index contributed by atoms with van der Waals surface area (Å²) in [6.45, 7) is 0. The zero-order chi connectivity index (χ0) is 9.97. The maximum atomic E-state index is 5.60. The third kappa shape index (κ3) is 1.39. The van der Waals surface area contributed by atoms with Crippen LogP contribution in [-0.2, 0) is 0 Å². The first-order chi connectivity index (χ1) is 6.81. The number of rotatable bonds is 2. The Labute approximate surface area is 81.1 Å². The molecule has 1 heterocycles. The van der Waals surface area contributed by atoms with Crippen molar-refractivity contribution in [1.82, 2.24) is 14.8 Å². The fourth-order valence-electron chi connectivity index (χ4n) is 1.19. The van der Waals surface area contributed by atoms with Crippen LogP contribution in [-0.4, -0.2) is 21.9 Å². The van der Waals surface area contributed by atoms with Crippen LogP contribution in [0.15, 0.2) is 30.6 Å². The highest BCUT2D eigenvalue weighted by atomic mass is 16.5. The van der Waals surface area contributed by atoms with Gasteiger partial charge in [-0.3, -0.25) is 4.57 Å². The number of anilines is 1. The van der Waals surface area contributed by atoms with Gasteiger partial charge in [0.25, 0.3) is 0 Å². The van der Waals surface area contributed by atoms with Gasteiger partial charge >= 0.3 is 0 Å². The lowest BCUT2D eigenvalue weighted by Gasteiger charge is -2.04. The van der Waals surface area contributed by atoms with Crippen molar-refractivity contribution in [3.05, 3.63) is 30.6 Å². The Hall–Kier alpha value is -2.04. The third-order valence-electron chi connectivity index (χ3n) is 1.92. The molecule has 0 aliphatic rings. The summed E-state index contributed by atoms with van der Waals surface area (Å²) in [5, 5.41) is 7.39. The number of benzene rings is 1. The van der Waals surface area contributed by atoms with E-state index in [1.807, 2.05) is 24.3 Å². The summed E-state index contributed by atoms with van der Waals surface area (Å²) in [4.78, 5) is 0. The van der Waals surface area contributed by atoms with Crippen molar-refractivity contribution < 1.29 is 4.74 Å². The van der Waals surface area contributed by atoms with E-state index in [4.69, 9.17) is 10.5 Å². The summed E-state index contributed by atoms with van der Waals surface area (Å²) in [5.41, 5.74) is 6.51. The molecule has 0 saturated heterocycles. The summed E-state index contributed by atoms with van der Waals surface area (Å²) in [5.74, 6) is 1.18. The molecule has 2 rings (SSSR count). The van der Waals surface area contributed by atoms with E-state index in [0.29, 0.717) is 5.95 Å². The van der Waals surface area contributed by atoms with Gasteiger partial charge in [-0.2, -0.15) is 0 Å². The first-order valence-corrected chi connectivity index (χ1v) is 4.11. The van der Waals surface area contributed by atoms with Crippen molar-refractivity contribution in [2.45, 2.75) is 0 Å². The minimum atomic E-state index is 0.371.